The molecule has 0 saturated carbocycles. The van der Waals surface area contributed by atoms with Crippen LogP contribution in [0.5, 0.6) is 0 Å². The molecule has 0 aliphatic rings. The number of hydrogen-bond acceptors (Lipinski definition) is 4. The maximum Gasteiger partial charge on any atom is 0.264 e. The molecule has 3 rings (SSSR count). The number of nitrogens with one attached hydrogen (secondary N) is 1. The van der Waals surface area contributed by atoms with E-state index in [1.807, 2.05) is 0 Å². The Kier molecular flexibility index (Phi) is 1.67. The largest absolute Gasteiger partial charge is 0.433 e. The minimum atomic E-state index is -0.210. The fourth-order valence-electron chi connectivity index (χ4n) is 1.60. The molecule has 3 aromatic rings. The third-order valence-corrected chi connectivity index (χ3v) is 2.92. The van der Waals surface area contributed by atoms with E-state index in [1.54, 1.807) is 11.7 Å². The van der Waals surface area contributed by atoms with Crippen molar-refractivity contribution in [1.29, 1.82) is 0 Å². The lowest BCUT2D eigenvalue weighted by Crippen LogP contribution is -2.06. The van der Waals surface area contributed by atoms with Gasteiger partial charge in [-0.25, -0.2) is 4.98 Å². The van der Waals surface area contributed by atoms with Gasteiger partial charge in [-0.15, -0.1) is 0 Å². The first kappa shape index (κ1) is 8.89. The summed E-state index contributed by atoms with van der Waals surface area (Å²) in [5, 5.41) is 4.62. The first-order valence-corrected chi connectivity index (χ1v) is 5.25. The summed E-state index contributed by atoms with van der Waals surface area (Å²) in [6.45, 7) is 0. The number of nitrogens with zero attached hydrogens (tertiary/aromatic N) is 3. The van der Waals surface area contributed by atoms with Crippen LogP contribution < -0.4 is 5.56 Å². The molecule has 1 N–H and O–H groups in total. The molecule has 0 amide bonds. The number of fused-ring (bicyclic) bond motifs is 3. The molecule has 0 radical (unpaired) electrons. The van der Waals surface area contributed by atoms with Gasteiger partial charge in [0.2, 0.25) is 5.71 Å². The lowest BCUT2D eigenvalue weighted by atomic mass is 10.3. The third kappa shape index (κ3) is 1.06. The molecule has 0 atom stereocenters. The van der Waals surface area contributed by atoms with Crippen molar-refractivity contribution in [2.75, 3.05) is 0 Å². The molecule has 0 saturated heterocycles. The normalized spacial score (nSPS) is 11.6. The van der Waals surface area contributed by atoms with Crippen LogP contribution in [-0.4, -0.2) is 19.7 Å². The molecule has 0 aromatic carbocycles. The van der Waals surface area contributed by atoms with Crippen molar-refractivity contribution >= 4 is 44.8 Å². The molecular weight excluding hydrogens is 311 g/mol. The molecular formula is C8H5IN4O2. The van der Waals surface area contributed by atoms with Gasteiger partial charge in [0.25, 0.3) is 5.56 Å². The van der Waals surface area contributed by atoms with Gasteiger partial charge < -0.3 is 9.40 Å². The molecule has 0 aliphatic heterocycles. The van der Waals surface area contributed by atoms with E-state index in [9.17, 15) is 4.79 Å². The number of halogens is 1. The van der Waals surface area contributed by atoms with Crippen molar-refractivity contribution < 1.29 is 4.42 Å². The van der Waals surface area contributed by atoms with Crippen LogP contribution >= 0.6 is 22.6 Å². The second-order valence-corrected chi connectivity index (χ2v) is 4.13. The maximum atomic E-state index is 11.6. The Balaban J connectivity index is 2.74. The highest BCUT2D eigenvalue weighted by Crippen LogP contribution is 2.27. The van der Waals surface area contributed by atoms with Crippen LogP contribution in [0.15, 0.2) is 15.5 Å². The molecule has 6 nitrogen and oxygen atoms in total. The van der Waals surface area contributed by atoms with Gasteiger partial charge in [-0.1, -0.05) is 0 Å². The summed E-state index contributed by atoms with van der Waals surface area (Å²) >= 11 is 2.06. The average molecular weight is 316 g/mol. The quantitative estimate of drug-likeness (QED) is 0.628. The van der Waals surface area contributed by atoms with Gasteiger partial charge in [-0.05, 0) is 22.6 Å². The molecule has 15 heavy (non-hydrogen) atoms. The third-order valence-electron chi connectivity index (χ3n) is 2.22. The zero-order chi connectivity index (χ0) is 10.6. The monoisotopic (exact) mass is 316 g/mol. The summed E-state index contributed by atoms with van der Waals surface area (Å²) in [6, 6.07) is 0. The van der Waals surface area contributed by atoms with E-state index in [0.29, 0.717) is 22.2 Å². The van der Waals surface area contributed by atoms with Crippen LogP contribution in [0.2, 0.25) is 0 Å². The van der Waals surface area contributed by atoms with Crippen molar-refractivity contribution in [3.8, 4) is 0 Å². The molecule has 3 heterocycles. The SMILES string of the molecule is Cn1nc(I)c2oc3nc[nH]c(=O)c3c21. The zero-order valence-corrected chi connectivity index (χ0v) is 9.77. The number of H-pyrrole nitrogens is 1. The van der Waals surface area contributed by atoms with Crippen molar-refractivity contribution in [2.24, 2.45) is 7.05 Å². The number of aromatic amines is 1. The summed E-state index contributed by atoms with van der Waals surface area (Å²) < 4.78 is 7.81. The Morgan fingerprint density at radius 2 is 2.40 bits per heavy atom. The van der Waals surface area contributed by atoms with E-state index in [4.69, 9.17) is 4.42 Å². The Morgan fingerprint density at radius 3 is 3.20 bits per heavy atom. The molecule has 3 aromatic heterocycles. The number of furan rings is 1. The van der Waals surface area contributed by atoms with Crippen molar-refractivity contribution in [2.45, 2.75) is 0 Å². The number of rotatable bonds is 0. The minimum Gasteiger partial charge on any atom is -0.433 e. The second-order valence-electron chi connectivity index (χ2n) is 3.11. The van der Waals surface area contributed by atoms with E-state index in [-0.39, 0.29) is 5.56 Å². The smallest absolute Gasteiger partial charge is 0.264 e. The highest BCUT2D eigenvalue weighted by Gasteiger charge is 2.18. The fourth-order valence-corrected chi connectivity index (χ4v) is 2.29. The average Bonchev–Trinajstić information content (AvgIpc) is 2.68. The topological polar surface area (TPSA) is 76.7 Å². The molecule has 0 unspecified atom stereocenters. The highest BCUT2D eigenvalue weighted by atomic mass is 127. The number of aromatic nitrogens is 4. The Labute approximate surface area is 96.4 Å². The van der Waals surface area contributed by atoms with Gasteiger partial charge >= 0.3 is 0 Å². The molecule has 76 valence electrons. The Bertz CT molecular complexity index is 723. The highest BCUT2D eigenvalue weighted by molar-refractivity contribution is 14.1. The maximum absolute atomic E-state index is 11.6. The molecule has 0 spiro atoms. The first-order chi connectivity index (χ1) is 7.18. The van der Waals surface area contributed by atoms with Crippen LogP contribution in [0, 0.1) is 3.70 Å². The van der Waals surface area contributed by atoms with Crippen LogP contribution in [0.3, 0.4) is 0 Å². The van der Waals surface area contributed by atoms with Crippen LogP contribution in [0.1, 0.15) is 0 Å². The molecule has 0 fully saturated rings. The van der Waals surface area contributed by atoms with Crippen molar-refractivity contribution in [3.05, 3.63) is 20.4 Å². The van der Waals surface area contributed by atoms with Gasteiger partial charge in [0.15, 0.2) is 9.28 Å². The van der Waals surface area contributed by atoms with E-state index in [2.05, 4.69) is 37.7 Å². The fraction of sp³-hybridized carbons (Fsp3) is 0.125. The summed E-state index contributed by atoms with van der Waals surface area (Å²) in [5.74, 6) is 0. The summed E-state index contributed by atoms with van der Waals surface area (Å²) in [4.78, 5) is 18.1. The summed E-state index contributed by atoms with van der Waals surface area (Å²) in [5.41, 5.74) is 1.43. The lowest BCUT2D eigenvalue weighted by molar-refractivity contribution is 0.649. The van der Waals surface area contributed by atoms with Gasteiger partial charge in [-0.2, -0.15) is 5.10 Å². The van der Waals surface area contributed by atoms with Crippen LogP contribution in [-0.2, 0) is 7.05 Å². The predicted octanol–water partition coefficient (Wildman–Crippen LogP) is 1.01. The summed E-state index contributed by atoms with van der Waals surface area (Å²) in [7, 11) is 1.77. The van der Waals surface area contributed by atoms with E-state index < -0.39 is 0 Å². The molecule has 0 bridgehead atoms. The van der Waals surface area contributed by atoms with E-state index in [1.165, 1.54) is 6.33 Å². The lowest BCUT2D eigenvalue weighted by Gasteiger charge is -1.89. The Morgan fingerprint density at radius 1 is 1.60 bits per heavy atom. The molecule has 0 aliphatic carbocycles. The summed E-state index contributed by atoms with van der Waals surface area (Å²) in [6.07, 6.45) is 1.33. The van der Waals surface area contributed by atoms with Crippen molar-refractivity contribution in [3.63, 3.8) is 0 Å². The van der Waals surface area contributed by atoms with Gasteiger partial charge in [0.05, 0.1) is 6.33 Å². The number of aryl methyl sites for hydroxylation is 1. The molecule has 7 heteroatoms. The van der Waals surface area contributed by atoms with E-state index >= 15 is 0 Å². The van der Waals surface area contributed by atoms with Crippen molar-refractivity contribution in [1.82, 2.24) is 19.7 Å². The first-order valence-electron chi connectivity index (χ1n) is 4.17. The number of hydrogen-bond donors (Lipinski definition) is 1. The standard InChI is InChI=1S/C8H5IN4O2/c1-13-4-3-7(14)10-2-11-8(3)15-5(4)6(9)12-13/h2H,1H3,(H,10,11,14). The zero-order valence-electron chi connectivity index (χ0n) is 7.61. The predicted molar refractivity (Wildman–Crippen MR) is 61.6 cm³/mol. The van der Waals surface area contributed by atoms with Crippen LogP contribution in [0.4, 0.5) is 0 Å². The second kappa shape index (κ2) is 2.81. The minimum absolute atomic E-state index is 0.210. The Hall–Kier alpha value is -1.38. The van der Waals surface area contributed by atoms with Crippen LogP contribution in [0.25, 0.3) is 22.2 Å². The van der Waals surface area contributed by atoms with E-state index in [0.717, 1.165) is 3.70 Å². The van der Waals surface area contributed by atoms with Gasteiger partial charge in [0, 0.05) is 7.05 Å². The van der Waals surface area contributed by atoms with Gasteiger partial charge in [0.1, 0.15) is 10.9 Å². The van der Waals surface area contributed by atoms with Gasteiger partial charge in [-0.3, -0.25) is 9.48 Å².